The molecule has 1 saturated carbocycles. The van der Waals surface area contributed by atoms with Crippen LogP contribution in [0.4, 0.5) is 0 Å². The van der Waals surface area contributed by atoms with Crippen LogP contribution in [0.15, 0.2) is 24.3 Å². The molecule has 0 unspecified atom stereocenters. The summed E-state index contributed by atoms with van der Waals surface area (Å²) in [5, 5.41) is 31.2. The molecule has 0 aromatic heterocycles. The summed E-state index contributed by atoms with van der Waals surface area (Å²) < 4.78 is 26.3. The minimum absolute atomic E-state index is 0.110. The van der Waals surface area contributed by atoms with Crippen molar-refractivity contribution in [2.45, 2.75) is 205 Å². The highest BCUT2D eigenvalue weighted by Crippen LogP contribution is 2.37. The first-order chi connectivity index (χ1) is 26.0. The summed E-state index contributed by atoms with van der Waals surface area (Å²) in [6.07, 6.45) is 30.3. The molecule has 0 saturated heterocycles. The maximum absolute atomic E-state index is 12.5. The number of hydrogen-bond donors (Lipinski definition) is 5. The average molecular weight is 789 g/mol. The lowest BCUT2D eigenvalue weighted by Gasteiger charge is -2.19. The first-order valence-corrected chi connectivity index (χ1v) is 22.9. The molecule has 0 amide bonds. The fourth-order valence-corrected chi connectivity index (χ4v) is 7.41. The summed E-state index contributed by atoms with van der Waals surface area (Å²) >= 11 is 0. The van der Waals surface area contributed by atoms with Crippen molar-refractivity contribution in [3.8, 4) is 0 Å². The zero-order chi connectivity index (χ0) is 39.9. The second-order valence-corrected chi connectivity index (χ2v) is 16.6. The van der Waals surface area contributed by atoms with Crippen LogP contribution in [0.25, 0.3) is 0 Å². The Balaban J connectivity index is 2.28. The molecule has 0 radical (unpaired) electrons. The summed E-state index contributed by atoms with van der Waals surface area (Å²) in [7, 11) is -4.83. The van der Waals surface area contributed by atoms with E-state index in [1.807, 2.05) is 0 Å². The monoisotopic (exact) mass is 789 g/mol. The van der Waals surface area contributed by atoms with Crippen LogP contribution in [0.5, 0.6) is 0 Å². The van der Waals surface area contributed by atoms with E-state index in [0.29, 0.717) is 19.3 Å². The number of allylic oxidation sites excluding steroid dienone is 1. The van der Waals surface area contributed by atoms with Gasteiger partial charge in [-0.2, -0.15) is 0 Å². The van der Waals surface area contributed by atoms with Crippen molar-refractivity contribution >= 4 is 19.8 Å². The molecule has 0 bridgehead atoms. The number of ether oxygens (including phenoxy) is 2. The molecule has 0 heterocycles. The number of carbonyl (C=O) groups is 2. The van der Waals surface area contributed by atoms with Gasteiger partial charge in [0.2, 0.25) is 0 Å². The standard InChI is InChI=1S/C42H77O11P/c1-3-5-7-8-9-10-11-12-13-14-15-16-17-18-19-20-21-23-29-42(47)53-36(34-52-54(48,49)50)33-51-41(46)28-25-24-27-37-38(40(45)32-39(37)44)31-30-35(43)26-22-6-4-2/h24-25,30-31,35-40,43-45H,3-23,26-29,32-34H2,1-2H3,(H2,48,49,50)/b25-24-,31-30+/t35-,36-,37+,38-,39+,40-/m1/s1. The van der Waals surface area contributed by atoms with Crippen LogP contribution >= 0.6 is 7.82 Å². The van der Waals surface area contributed by atoms with E-state index in [9.17, 15) is 29.5 Å². The third kappa shape index (κ3) is 27.9. The minimum Gasteiger partial charge on any atom is -0.461 e. The zero-order valence-electron chi connectivity index (χ0n) is 33.7. The van der Waals surface area contributed by atoms with E-state index < -0.39 is 57.4 Å². The van der Waals surface area contributed by atoms with E-state index in [2.05, 4.69) is 18.4 Å². The lowest BCUT2D eigenvalue weighted by Crippen LogP contribution is -2.29. The highest BCUT2D eigenvalue weighted by molar-refractivity contribution is 7.46. The number of hydrogen-bond acceptors (Lipinski definition) is 9. The van der Waals surface area contributed by atoms with Gasteiger partial charge in [-0.25, -0.2) is 4.57 Å². The Hall–Kier alpha value is -1.59. The number of rotatable bonds is 35. The maximum atomic E-state index is 12.5. The van der Waals surface area contributed by atoms with Gasteiger partial charge in [-0.1, -0.05) is 167 Å². The van der Waals surface area contributed by atoms with Gasteiger partial charge in [0.25, 0.3) is 0 Å². The molecule has 1 rings (SSSR count). The molecule has 0 aromatic carbocycles. The Morgan fingerprint density at radius 2 is 1.22 bits per heavy atom. The second-order valence-electron chi connectivity index (χ2n) is 15.3. The smallest absolute Gasteiger partial charge is 0.461 e. The van der Waals surface area contributed by atoms with Gasteiger partial charge in [-0.3, -0.25) is 14.1 Å². The van der Waals surface area contributed by atoms with Gasteiger partial charge in [-0.05, 0) is 25.2 Å². The second kappa shape index (κ2) is 32.5. The highest BCUT2D eigenvalue weighted by atomic mass is 31.2. The number of phosphoric ester groups is 1. The Morgan fingerprint density at radius 1 is 0.704 bits per heavy atom. The molecular weight excluding hydrogens is 711 g/mol. The zero-order valence-corrected chi connectivity index (χ0v) is 34.6. The first kappa shape index (κ1) is 50.4. The van der Waals surface area contributed by atoms with E-state index in [1.54, 1.807) is 24.3 Å². The van der Waals surface area contributed by atoms with Crippen molar-refractivity contribution in [2.75, 3.05) is 13.2 Å². The lowest BCUT2D eigenvalue weighted by molar-refractivity contribution is -0.160. The number of aliphatic hydroxyl groups excluding tert-OH is 3. The van der Waals surface area contributed by atoms with Gasteiger partial charge in [-0.15, -0.1) is 0 Å². The molecule has 0 spiro atoms. The molecule has 6 atom stereocenters. The van der Waals surface area contributed by atoms with Crippen LogP contribution in [-0.2, 0) is 28.2 Å². The number of esters is 2. The van der Waals surface area contributed by atoms with Crippen molar-refractivity contribution < 1.29 is 53.3 Å². The Kier molecular flexibility index (Phi) is 30.3. The van der Waals surface area contributed by atoms with Gasteiger partial charge in [0, 0.05) is 18.8 Å². The van der Waals surface area contributed by atoms with Crippen LogP contribution < -0.4 is 0 Å². The van der Waals surface area contributed by atoms with E-state index >= 15 is 0 Å². The van der Waals surface area contributed by atoms with E-state index in [-0.39, 0.29) is 31.1 Å². The number of carbonyl (C=O) groups excluding carboxylic acids is 2. The SMILES string of the molecule is CCCCCCCCCCCCCCCCCCCCC(=O)O[C@H](COC(=O)C/C=C\C[C@H]1[C@@H](/C=C/[C@H](O)CCCCC)[C@H](O)C[C@@H]1O)COP(=O)(O)O. The molecule has 316 valence electrons. The van der Waals surface area contributed by atoms with E-state index in [4.69, 9.17) is 19.3 Å². The van der Waals surface area contributed by atoms with Crippen molar-refractivity contribution in [1.82, 2.24) is 0 Å². The van der Waals surface area contributed by atoms with Crippen LogP contribution in [0.1, 0.15) is 181 Å². The summed E-state index contributed by atoms with van der Waals surface area (Å²) in [5.41, 5.74) is 0. The molecular formula is C42H77O11P. The third-order valence-electron chi connectivity index (χ3n) is 10.3. The lowest BCUT2D eigenvalue weighted by atomic mass is 9.89. The fraction of sp³-hybridized carbons (Fsp3) is 0.857. The Labute approximate surface area is 327 Å². The predicted molar refractivity (Wildman–Crippen MR) is 214 cm³/mol. The van der Waals surface area contributed by atoms with Gasteiger partial charge in [0.05, 0.1) is 31.3 Å². The van der Waals surface area contributed by atoms with E-state index in [0.717, 1.165) is 38.5 Å². The predicted octanol–water partition coefficient (Wildman–Crippen LogP) is 9.17. The molecule has 0 aromatic rings. The fourth-order valence-electron chi connectivity index (χ4n) is 7.05. The minimum atomic E-state index is -4.83. The molecule has 54 heavy (non-hydrogen) atoms. The van der Waals surface area contributed by atoms with E-state index in [1.165, 1.54) is 89.9 Å². The first-order valence-electron chi connectivity index (χ1n) is 21.4. The molecule has 5 N–H and O–H groups in total. The number of unbranched alkanes of at least 4 members (excludes halogenated alkanes) is 19. The van der Waals surface area contributed by atoms with Gasteiger partial charge in [0.1, 0.15) is 6.61 Å². The van der Waals surface area contributed by atoms with Crippen molar-refractivity contribution in [2.24, 2.45) is 11.8 Å². The molecule has 11 nitrogen and oxygen atoms in total. The summed E-state index contributed by atoms with van der Waals surface area (Å²) in [5.74, 6) is -1.78. The Bertz CT molecular complexity index is 1050. The molecule has 12 heteroatoms. The van der Waals surface area contributed by atoms with Crippen LogP contribution in [-0.4, -0.2) is 74.7 Å². The third-order valence-corrected chi connectivity index (χ3v) is 10.8. The molecule has 1 aliphatic carbocycles. The van der Waals surface area contributed by atoms with Crippen LogP contribution in [0, 0.1) is 11.8 Å². The van der Waals surface area contributed by atoms with Gasteiger partial charge >= 0.3 is 19.8 Å². The molecule has 0 aliphatic heterocycles. The normalized spacial score (nSPS) is 20.2. The summed E-state index contributed by atoms with van der Waals surface area (Å²) in [6, 6.07) is 0. The average Bonchev–Trinajstić information content (AvgIpc) is 3.40. The largest absolute Gasteiger partial charge is 0.469 e. The van der Waals surface area contributed by atoms with Crippen molar-refractivity contribution in [3.63, 3.8) is 0 Å². The van der Waals surface area contributed by atoms with Crippen LogP contribution in [0.3, 0.4) is 0 Å². The van der Waals surface area contributed by atoms with Crippen molar-refractivity contribution in [1.29, 1.82) is 0 Å². The van der Waals surface area contributed by atoms with Gasteiger partial charge < -0.3 is 34.6 Å². The summed E-state index contributed by atoms with van der Waals surface area (Å²) in [6.45, 7) is 3.31. The molecule has 1 aliphatic rings. The van der Waals surface area contributed by atoms with Crippen LogP contribution in [0.2, 0.25) is 0 Å². The quantitative estimate of drug-likeness (QED) is 0.0179. The van der Waals surface area contributed by atoms with Crippen molar-refractivity contribution in [3.05, 3.63) is 24.3 Å². The molecule has 1 fully saturated rings. The highest BCUT2D eigenvalue weighted by Gasteiger charge is 2.39. The topological polar surface area (TPSA) is 180 Å². The maximum Gasteiger partial charge on any atom is 0.469 e. The Morgan fingerprint density at radius 3 is 1.76 bits per heavy atom. The number of phosphoric acid groups is 1. The number of aliphatic hydroxyl groups is 3. The van der Waals surface area contributed by atoms with Gasteiger partial charge in [0.15, 0.2) is 6.10 Å². The summed E-state index contributed by atoms with van der Waals surface area (Å²) in [4.78, 5) is 43.1.